The number of furan rings is 1. The minimum atomic E-state index is -0.110. The fourth-order valence-corrected chi connectivity index (χ4v) is 12.5. The van der Waals surface area contributed by atoms with E-state index in [-0.39, 0.29) is 12.3 Å². The van der Waals surface area contributed by atoms with E-state index in [0.717, 1.165) is 43.5 Å². The van der Waals surface area contributed by atoms with E-state index < -0.39 is 0 Å². The largest absolute Gasteiger partial charge is 0.456 e. The third-order valence-electron chi connectivity index (χ3n) is 13.1. The molecule has 0 saturated carbocycles. The van der Waals surface area contributed by atoms with E-state index in [2.05, 4.69) is 182 Å². The van der Waals surface area contributed by atoms with Crippen molar-refractivity contribution in [3.63, 3.8) is 0 Å². The van der Waals surface area contributed by atoms with Gasteiger partial charge < -0.3 is 13.8 Å². The van der Waals surface area contributed by atoms with Crippen LogP contribution in [0.3, 0.4) is 0 Å². The SMILES string of the molecule is CC(C)(C)c1ccc(N2B3c4cc5nc(-c6ccccc6)sc5cc4-n4c5cc6oc7ccccc7c6cc5c5ccc(c3c54)-c3cc4sc5ccccc5c4cc32)cc1. The molecule has 8 aromatic carbocycles. The number of thiazole rings is 1. The van der Waals surface area contributed by atoms with Gasteiger partial charge in [-0.2, -0.15) is 0 Å². The topological polar surface area (TPSA) is 34.2 Å². The molecule has 282 valence electrons. The lowest BCUT2D eigenvalue weighted by atomic mass is 9.44. The molecule has 0 unspecified atom stereocenters. The third kappa shape index (κ3) is 4.38. The number of nitrogens with zero attached hydrogens (tertiary/aromatic N) is 3. The quantitative estimate of drug-likeness (QED) is 0.163. The standard InChI is InChI=1S/C53H34BN3OS2/c1-53(2,3)30-17-19-31(20-18-30)57-43-24-39-33-14-8-10-16-47(33)59-48(39)25-37(43)34-21-22-35-36-23-38-32-13-7-9-15-45(32)58-46(38)27-42(36)56-44-28-49-41(26-40(44)54(57)50(34)51(35)56)55-52(60-49)29-11-5-4-6-12-29/h4-28H,1-3H3. The summed E-state index contributed by atoms with van der Waals surface area (Å²) in [5, 5.41) is 8.44. The highest BCUT2D eigenvalue weighted by Crippen LogP contribution is 2.49. The maximum Gasteiger partial charge on any atom is 0.333 e. The van der Waals surface area contributed by atoms with Gasteiger partial charge in [-0.15, -0.1) is 22.7 Å². The van der Waals surface area contributed by atoms with Gasteiger partial charge in [-0.05, 0) is 82.1 Å². The first-order valence-electron chi connectivity index (χ1n) is 20.6. The van der Waals surface area contributed by atoms with Gasteiger partial charge in [0.15, 0.2) is 0 Å². The number of benzene rings is 8. The summed E-state index contributed by atoms with van der Waals surface area (Å²) < 4.78 is 12.9. The summed E-state index contributed by atoms with van der Waals surface area (Å²) >= 11 is 3.66. The lowest BCUT2D eigenvalue weighted by Crippen LogP contribution is -2.60. The van der Waals surface area contributed by atoms with Crippen LogP contribution in [-0.4, -0.2) is 16.4 Å². The second-order valence-electron chi connectivity index (χ2n) is 17.5. The number of thiophene rings is 1. The lowest BCUT2D eigenvalue weighted by molar-refractivity contribution is 0.590. The second-order valence-corrected chi connectivity index (χ2v) is 19.6. The van der Waals surface area contributed by atoms with Crippen molar-refractivity contribution in [3.05, 3.63) is 157 Å². The first-order valence-corrected chi connectivity index (χ1v) is 22.3. The highest BCUT2D eigenvalue weighted by Gasteiger charge is 2.44. The molecule has 0 spiro atoms. The molecule has 12 aromatic rings. The Morgan fingerprint density at radius 3 is 2.22 bits per heavy atom. The van der Waals surface area contributed by atoms with Gasteiger partial charge in [0.2, 0.25) is 0 Å². The summed E-state index contributed by atoms with van der Waals surface area (Å²) in [4.78, 5) is 7.99. The van der Waals surface area contributed by atoms with Crippen LogP contribution in [-0.2, 0) is 5.41 Å². The van der Waals surface area contributed by atoms with Gasteiger partial charge in [-0.1, -0.05) is 112 Å². The predicted molar refractivity (Wildman–Crippen MR) is 257 cm³/mol. The zero-order chi connectivity index (χ0) is 39.6. The van der Waals surface area contributed by atoms with Crippen LogP contribution in [0.15, 0.2) is 156 Å². The van der Waals surface area contributed by atoms with Crippen LogP contribution in [0.4, 0.5) is 11.4 Å². The zero-order valence-corrected chi connectivity index (χ0v) is 34.7. The van der Waals surface area contributed by atoms with Gasteiger partial charge in [0.25, 0.3) is 0 Å². The van der Waals surface area contributed by atoms with Crippen LogP contribution in [0.5, 0.6) is 0 Å². The molecule has 4 aromatic heterocycles. The van der Waals surface area contributed by atoms with Gasteiger partial charge >= 0.3 is 6.85 Å². The minimum Gasteiger partial charge on any atom is -0.456 e. The van der Waals surface area contributed by atoms with Crippen LogP contribution in [0.2, 0.25) is 0 Å². The molecular formula is C53H34BN3OS2. The summed E-state index contributed by atoms with van der Waals surface area (Å²) in [7, 11) is 0. The molecule has 6 heterocycles. The molecule has 0 fully saturated rings. The Labute approximate surface area is 353 Å². The second kappa shape index (κ2) is 11.5. The summed E-state index contributed by atoms with van der Waals surface area (Å²) in [6.45, 7) is 6.77. The lowest BCUT2D eigenvalue weighted by Gasteiger charge is -2.42. The normalized spacial score (nSPS) is 13.5. The van der Waals surface area contributed by atoms with Crippen molar-refractivity contribution < 1.29 is 4.42 Å². The highest BCUT2D eigenvalue weighted by atomic mass is 32.1. The molecule has 2 aliphatic heterocycles. The summed E-state index contributed by atoms with van der Waals surface area (Å²) in [5.41, 5.74) is 16.5. The first kappa shape index (κ1) is 33.2. The number of para-hydroxylation sites is 1. The summed E-state index contributed by atoms with van der Waals surface area (Å²) in [5.74, 6) is 0. The molecule has 0 aliphatic carbocycles. The van der Waals surface area contributed by atoms with Gasteiger partial charge in [-0.3, -0.25) is 0 Å². The Bertz CT molecular complexity index is 3830. The fraction of sp³-hybridized carbons (Fsp3) is 0.0755. The van der Waals surface area contributed by atoms with Crippen molar-refractivity contribution in [2.45, 2.75) is 26.2 Å². The Hall–Kier alpha value is -6.67. The van der Waals surface area contributed by atoms with Gasteiger partial charge in [0, 0.05) is 76.0 Å². The van der Waals surface area contributed by atoms with Crippen molar-refractivity contribution in [1.82, 2.24) is 9.55 Å². The molecule has 7 heteroatoms. The maximum atomic E-state index is 6.58. The number of hydrogen-bond donors (Lipinski definition) is 0. The number of rotatable bonds is 2. The van der Waals surface area contributed by atoms with Crippen molar-refractivity contribution in [2.75, 3.05) is 4.81 Å². The van der Waals surface area contributed by atoms with Crippen LogP contribution < -0.4 is 15.7 Å². The Balaban J connectivity index is 1.14. The molecule has 2 aliphatic rings. The number of hydrogen-bond acceptors (Lipinski definition) is 5. The highest BCUT2D eigenvalue weighted by molar-refractivity contribution is 7.26. The van der Waals surface area contributed by atoms with Gasteiger partial charge in [0.1, 0.15) is 16.2 Å². The van der Waals surface area contributed by atoms with Crippen LogP contribution >= 0.6 is 22.7 Å². The molecule has 0 N–H and O–H groups in total. The van der Waals surface area contributed by atoms with E-state index in [9.17, 15) is 0 Å². The summed E-state index contributed by atoms with van der Waals surface area (Å²) in [6, 6.07) is 56.4. The maximum absolute atomic E-state index is 6.58. The molecule has 14 rings (SSSR count). The van der Waals surface area contributed by atoms with E-state index in [0.29, 0.717) is 0 Å². The fourth-order valence-electron chi connectivity index (χ4n) is 10.4. The van der Waals surface area contributed by atoms with E-state index in [1.54, 1.807) is 11.3 Å². The number of fused-ring (bicyclic) bond motifs is 15. The van der Waals surface area contributed by atoms with Gasteiger partial charge in [0.05, 0.1) is 21.3 Å². The van der Waals surface area contributed by atoms with E-state index in [4.69, 9.17) is 9.40 Å². The molecule has 4 nitrogen and oxygen atoms in total. The van der Waals surface area contributed by atoms with E-state index in [1.807, 2.05) is 11.3 Å². The molecule has 0 atom stereocenters. The van der Waals surface area contributed by atoms with Crippen LogP contribution in [0.25, 0.3) is 102 Å². The predicted octanol–water partition coefficient (Wildman–Crippen LogP) is 13.9. The third-order valence-corrected chi connectivity index (χ3v) is 15.3. The van der Waals surface area contributed by atoms with Gasteiger partial charge in [-0.25, -0.2) is 4.98 Å². The molecule has 0 radical (unpaired) electrons. The van der Waals surface area contributed by atoms with Crippen LogP contribution in [0.1, 0.15) is 26.3 Å². The number of aromatic nitrogens is 2. The molecule has 0 saturated heterocycles. The first-order chi connectivity index (χ1) is 29.4. The Kier molecular flexibility index (Phi) is 6.38. The van der Waals surface area contributed by atoms with E-state index in [1.165, 1.54) is 85.8 Å². The number of anilines is 2. The Morgan fingerprint density at radius 2 is 1.37 bits per heavy atom. The Morgan fingerprint density at radius 1 is 0.567 bits per heavy atom. The van der Waals surface area contributed by atoms with Crippen molar-refractivity contribution in [3.8, 4) is 27.4 Å². The van der Waals surface area contributed by atoms with Crippen molar-refractivity contribution in [1.29, 1.82) is 0 Å². The molecule has 60 heavy (non-hydrogen) atoms. The van der Waals surface area contributed by atoms with Crippen molar-refractivity contribution in [2.24, 2.45) is 0 Å². The molecule has 0 bridgehead atoms. The monoisotopic (exact) mass is 803 g/mol. The molecular weight excluding hydrogens is 770 g/mol. The van der Waals surface area contributed by atoms with E-state index >= 15 is 0 Å². The zero-order valence-electron chi connectivity index (χ0n) is 33.1. The smallest absolute Gasteiger partial charge is 0.333 e. The summed E-state index contributed by atoms with van der Waals surface area (Å²) in [6.07, 6.45) is 0. The van der Waals surface area contributed by atoms with Crippen molar-refractivity contribution >= 4 is 126 Å². The minimum absolute atomic E-state index is 0.0361. The van der Waals surface area contributed by atoms with Crippen LogP contribution in [0, 0.1) is 0 Å². The molecule has 0 amide bonds. The average molecular weight is 804 g/mol. The average Bonchev–Trinajstić information content (AvgIpc) is 4.04.